The Hall–Kier alpha value is -1.53. The Kier molecular flexibility index (Phi) is 4.11. The van der Waals surface area contributed by atoms with E-state index in [4.69, 9.17) is 11.5 Å². The first-order chi connectivity index (χ1) is 8.97. The fourth-order valence-corrected chi connectivity index (χ4v) is 2.37. The number of nitrogens with two attached hydrogens (primary N) is 2. The van der Waals surface area contributed by atoms with Crippen LogP contribution in [-0.2, 0) is 0 Å². The first-order valence-electron chi connectivity index (χ1n) is 5.39. The number of halogens is 2. The number of rotatable bonds is 2. The summed E-state index contributed by atoms with van der Waals surface area (Å²) in [6.45, 7) is 0. The monoisotopic (exact) mass is 383 g/mol. The van der Waals surface area contributed by atoms with Crippen LogP contribution < -0.4 is 16.8 Å². The highest BCUT2D eigenvalue weighted by Gasteiger charge is 2.09. The van der Waals surface area contributed by atoms with Crippen molar-refractivity contribution in [1.29, 1.82) is 0 Å². The van der Waals surface area contributed by atoms with Gasteiger partial charge in [0.05, 0.1) is 5.69 Å². The summed E-state index contributed by atoms with van der Waals surface area (Å²) < 4.78 is 1.42. The predicted molar refractivity (Wildman–Crippen MR) is 85.1 cm³/mol. The van der Waals surface area contributed by atoms with E-state index < -0.39 is 0 Å². The van der Waals surface area contributed by atoms with Crippen LogP contribution in [0.4, 0.5) is 17.1 Å². The van der Waals surface area contributed by atoms with E-state index in [1.165, 1.54) is 0 Å². The molecule has 0 aliphatic heterocycles. The lowest BCUT2D eigenvalue weighted by Gasteiger charge is -2.09. The molecule has 19 heavy (non-hydrogen) atoms. The molecule has 0 aliphatic carbocycles. The molecule has 0 heterocycles. The molecule has 1 amide bonds. The van der Waals surface area contributed by atoms with Crippen molar-refractivity contribution in [3.05, 3.63) is 50.9 Å². The topological polar surface area (TPSA) is 81.1 Å². The molecule has 0 saturated carbocycles. The van der Waals surface area contributed by atoms with Crippen LogP contribution in [0, 0.1) is 0 Å². The third kappa shape index (κ3) is 3.27. The predicted octanol–water partition coefficient (Wildman–Crippen LogP) is 3.63. The van der Waals surface area contributed by atoms with Gasteiger partial charge in [-0.25, -0.2) is 0 Å². The van der Waals surface area contributed by atoms with Gasteiger partial charge in [0.1, 0.15) is 0 Å². The third-order valence-corrected chi connectivity index (χ3v) is 3.85. The molecule has 0 spiro atoms. The number of carbonyl (C=O) groups is 1. The van der Waals surface area contributed by atoms with Crippen LogP contribution >= 0.6 is 31.9 Å². The maximum absolute atomic E-state index is 12.1. The quantitative estimate of drug-likeness (QED) is 0.691. The van der Waals surface area contributed by atoms with Gasteiger partial charge in [0.15, 0.2) is 0 Å². The zero-order valence-corrected chi connectivity index (χ0v) is 13.0. The molecule has 2 rings (SSSR count). The van der Waals surface area contributed by atoms with Gasteiger partial charge in [-0.2, -0.15) is 0 Å². The third-order valence-electron chi connectivity index (χ3n) is 2.50. The van der Waals surface area contributed by atoms with Gasteiger partial charge in [0.2, 0.25) is 0 Å². The van der Waals surface area contributed by atoms with Gasteiger partial charge in [0.25, 0.3) is 5.91 Å². The summed E-state index contributed by atoms with van der Waals surface area (Å²) >= 11 is 6.64. The Bertz CT molecular complexity index is 644. The summed E-state index contributed by atoms with van der Waals surface area (Å²) in [6, 6.07) is 10.2. The Morgan fingerprint density at radius 3 is 2.37 bits per heavy atom. The van der Waals surface area contributed by atoms with Gasteiger partial charge in [-0.05, 0) is 68.3 Å². The number of amides is 1. The number of benzene rings is 2. The Morgan fingerprint density at radius 2 is 1.74 bits per heavy atom. The molecule has 2 aromatic carbocycles. The summed E-state index contributed by atoms with van der Waals surface area (Å²) in [5, 5.41) is 2.80. The molecular formula is C13H11Br2N3O. The molecule has 2 aromatic rings. The second-order valence-electron chi connectivity index (χ2n) is 3.93. The molecule has 0 radical (unpaired) electrons. The summed E-state index contributed by atoms with van der Waals surface area (Å²) in [5.41, 5.74) is 13.7. The van der Waals surface area contributed by atoms with Crippen molar-refractivity contribution in [3.8, 4) is 0 Å². The van der Waals surface area contributed by atoms with Crippen molar-refractivity contribution in [1.82, 2.24) is 0 Å². The summed E-state index contributed by atoms with van der Waals surface area (Å²) in [5.74, 6) is -0.217. The summed E-state index contributed by atoms with van der Waals surface area (Å²) in [6.07, 6.45) is 0. The number of hydrogen-bond acceptors (Lipinski definition) is 3. The highest BCUT2D eigenvalue weighted by molar-refractivity contribution is 9.11. The zero-order chi connectivity index (χ0) is 14.0. The normalized spacial score (nSPS) is 10.2. The SMILES string of the molecule is Nc1ccc(NC(=O)c2ccc(N)c(Br)c2)c(Br)c1. The first-order valence-corrected chi connectivity index (χ1v) is 6.97. The lowest BCUT2D eigenvalue weighted by atomic mass is 10.2. The Balaban J connectivity index is 2.23. The lowest BCUT2D eigenvalue weighted by Crippen LogP contribution is -2.12. The Labute approximate surface area is 127 Å². The van der Waals surface area contributed by atoms with Crippen molar-refractivity contribution in [3.63, 3.8) is 0 Å². The van der Waals surface area contributed by atoms with Crippen LogP contribution in [0.3, 0.4) is 0 Å². The van der Waals surface area contributed by atoms with Crippen LogP contribution in [0.5, 0.6) is 0 Å². The summed E-state index contributed by atoms with van der Waals surface area (Å²) in [4.78, 5) is 12.1. The van der Waals surface area contributed by atoms with Crippen molar-refractivity contribution < 1.29 is 4.79 Å². The maximum Gasteiger partial charge on any atom is 0.255 e. The minimum absolute atomic E-state index is 0.217. The smallest absolute Gasteiger partial charge is 0.255 e. The van der Waals surface area contributed by atoms with Crippen LogP contribution in [0.2, 0.25) is 0 Å². The average molecular weight is 385 g/mol. The van der Waals surface area contributed by atoms with E-state index in [0.29, 0.717) is 27.1 Å². The molecule has 0 atom stereocenters. The van der Waals surface area contributed by atoms with Gasteiger partial charge in [-0.1, -0.05) is 0 Å². The van der Waals surface area contributed by atoms with E-state index in [0.717, 1.165) is 4.47 Å². The van der Waals surface area contributed by atoms with Gasteiger partial charge in [0, 0.05) is 25.9 Å². The van der Waals surface area contributed by atoms with E-state index >= 15 is 0 Å². The molecule has 98 valence electrons. The molecule has 0 aliphatic rings. The largest absolute Gasteiger partial charge is 0.399 e. The number of carbonyl (C=O) groups excluding carboxylic acids is 1. The van der Waals surface area contributed by atoms with Crippen molar-refractivity contribution in [2.45, 2.75) is 0 Å². The molecule has 6 heteroatoms. The average Bonchev–Trinajstić information content (AvgIpc) is 2.36. The van der Waals surface area contributed by atoms with Gasteiger partial charge < -0.3 is 16.8 Å². The molecule has 4 nitrogen and oxygen atoms in total. The molecule has 0 bridgehead atoms. The van der Waals surface area contributed by atoms with Gasteiger partial charge >= 0.3 is 0 Å². The minimum atomic E-state index is -0.217. The number of nitrogen functional groups attached to an aromatic ring is 2. The fraction of sp³-hybridized carbons (Fsp3) is 0. The van der Waals surface area contributed by atoms with E-state index in [-0.39, 0.29) is 5.91 Å². The molecule has 0 saturated heterocycles. The molecule has 0 unspecified atom stereocenters. The number of nitrogens with one attached hydrogen (secondary N) is 1. The van der Waals surface area contributed by atoms with E-state index in [2.05, 4.69) is 37.2 Å². The summed E-state index contributed by atoms with van der Waals surface area (Å²) in [7, 11) is 0. The molecule has 5 N–H and O–H groups in total. The Morgan fingerprint density at radius 1 is 1.00 bits per heavy atom. The second kappa shape index (κ2) is 5.63. The molecule has 0 aromatic heterocycles. The molecular weight excluding hydrogens is 374 g/mol. The van der Waals surface area contributed by atoms with Crippen LogP contribution in [0.25, 0.3) is 0 Å². The maximum atomic E-state index is 12.1. The van der Waals surface area contributed by atoms with E-state index in [9.17, 15) is 4.79 Å². The highest BCUT2D eigenvalue weighted by Crippen LogP contribution is 2.26. The number of hydrogen-bond donors (Lipinski definition) is 3. The van der Waals surface area contributed by atoms with E-state index in [1.807, 2.05) is 0 Å². The van der Waals surface area contributed by atoms with Gasteiger partial charge in [-0.15, -0.1) is 0 Å². The van der Waals surface area contributed by atoms with Crippen molar-refractivity contribution in [2.75, 3.05) is 16.8 Å². The van der Waals surface area contributed by atoms with E-state index in [1.54, 1.807) is 36.4 Å². The van der Waals surface area contributed by atoms with Gasteiger partial charge in [-0.3, -0.25) is 4.79 Å². The second-order valence-corrected chi connectivity index (χ2v) is 5.64. The van der Waals surface area contributed by atoms with Crippen LogP contribution in [-0.4, -0.2) is 5.91 Å². The van der Waals surface area contributed by atoms with Crippen molar-refractivity contribution in [2.24, 2.45) is 0 Å². The van der Waals surface area contributed by atoms with Crippen molar-refractivity contribution >= 4 is 54.8 Å². The van der Waals surface area contributed by atoms with Crippen LogP contribution in [0.15, 0.2) is 45.3 Å². The lowest BCUT2D eigenvalue weighted by molar-refractivity contribution is 0.102. The molecule has 0 fully saturated rings. The standard InChI is InChI=1S/C13H11Br2N3O/c14-9-5-7(1-3-11(9)17)13(19)18-12-4-2-8(16)6-10(12)15/h1-6H,16-17H2,(H,18,19). The highest BCUT2D eigenvalue weighted by atomic mass is 79.9. The fourth-order valence-electron chi connectivity index (χ4n) is 1.50. The number of anilines is 3. The zero-order valence-electron chi connectivity index (χ0n) is 9.78. The van der Waals surface area contributed by atoms with Crippen LogP contribution in [0.1, 0.15) is 10.4 Å². The first kappa shape index (κ1) is 13.9. The minimum Gasteiger partial charge on any atom is -0.399 e.